The minimum absolute atomic E-state index is 0.833. The number of rotatable bonds is 7. The monoisotopic (exact) mass is 210 g/mol. The van der Waals surface area contributed by atoms with E-state index in [0.29, 0.717) is 0 Å². The summed E-state index contributed by atoms with van der Waals surface area (Å²) >= 11 is 0. The van der Waals surface area contributed by atoms with Crippen LogP contribution in [-0.2, 0) is 6.54 Å². The van der Waals surface area contributed by atoms with E-state index in [1.165, 1.54) is 5.56 Å². The Hall–Kier alpha value is -0.800. The van der Waals surface area contributed by atoms with Crippen molar-refractivity contribution < 1.29 is 4.42 Å². The first kappa shape index (κ1) is 12.3. The zero-order chi connectivity index (χ0) is 11.1. The zero-order valence-electron chi connectivity index (χ0n) is 10.0. The quantitative estimate of drug-likeness (QED) is 0.698. The van der Waals surface area contributed by atoms with E-state index >= 15 is 0 Å². The minimum Gasteiger partial charge on any atom is -0.468 e. The van der Waals surface area contributed by atoms with Crippen LogP contribution in [0.3, 0.4) is 0 Å². The van der Waals surface area contributed by atoms with Crippen molar-refractivity contribution in [2.75, 3.05) is 26.2 Å². The van der Waals surface area contributed by atoms with Gasteiger partial charge in [-0.1, -0.05) is 13.8 Å². The molecule has 3 nitrogen and oxygen atoms in total. The second-order valence-electron chi connectivity index (χ2n) is 3.73. The number of hydrogen-bond donors (Lipinski definition) is 1. The third-order valence-electron chi connectivity index (χ3n) is 2.75. The van der Waals surface area contributed by atoms with Gasteiger partial charge >= 0.3 is 0 Å². The second-order valence-corrected chi connectivity index (χ2v) is 3.73. The van der Waals surface area contributed by atoms with Crippen LogP contribution in [0.15, 0.2) is 16.7 Å². The minimum atomic E-state index is 0.833. The van der Waals surface area contributed by atoms with Crippen molar-refractivity contribution in [3.8, 4) is 0 Å². The topological polar surface area (TPSA) is 28.4 Å². The molecule has 0 aliphatic carbocycles. The lowest BCUT2D eigenvalue weighted by atomic mass is 10.3. The number of aryl methyl sites for hydroxylation is 1. The van der Waals surface area contributed by atoms with Crippen LogP contribution in [0.4, 0.5) is 0 Å². The van der Waals surface area contributed by atoms with Crippen molar-refractivity contribution in [1.29, 1.82) is 0 Å². The molecule has 15 heavy (non-hydrogen) atoms. The van der Waals surface area contributed by atoms with Crippen molar-refractivity contribution in [3.63, 3.8) is 0 Å². The highest BCUT2D eigenvalue weighted by molar-refractivity contribution is 5.13. The molecule has 1 aromatic rings. The smallest absolute Gasteiger partial charge is 0.120 e. The fourth-order valence-corrected chi connectivity index (χ4v) is 1.56. The van der Waals surface area contributed by atoms with Crippen molar-refractivity contribution >= 4 is 0 Å². The molecule has 0 bridgehead atoms. The van der Waals surface area contributed by atoms with Crippen molar-refractivity contribution in [1.82, 2.24) is 10.2 Å². The first-order valence-electron chi connectivity index (χ1n) is 5.74. The summed E-state index contributed by atoms with van der Waals surface area (Å²) in [4.78, 5) is 2.40. The van der Waals surface area contributed by atoms with Gasteiger partial charge in [0.2, 0.25) is 0 Å². The molecule has 0 aliphatic heterocycles. The maximum absolute atomic E-state index is 5.35. The molecule has 86 valence electrons. The molecule has 0 atom stereocenters. The van der Waals surface area contributed by atoms with E-state index in [9.17, 15) is 0 Å². The number of nitrogens with one attached hydrogen (secondary N) is 1. The predicted octanol–water partition coefficient (Wildman–Crippen LogP) is 2.02. The fraction of sp³-hybridized carbons (Fsp3) is 0.667. The van der Waals surface area contributed by atoms with Gasteiger partial charge in [0.1, 0.15) is 5.76 Å². The molecule has 1 N–H and O–H groups in total. The normalized spacial score (nSPS) is 11.2. The van der Waals surface area contributed by atoms with E-state index in [4.69, 9.17) is 4.42 Å². The summed E-state index contributed by atoms with van der Waals surface area (Å²) in [6, 6.07) is 2.00. The molecule has 1 rings (SSSR count). The summed E-state index contributed by atoms with van der Waals surface area (Å²) < 4.78 is 5.35. The van der Waals surface area contributed by atoms with Crippen LogP contribution >= 0.6 is 0 Å². The summed E-state index contributed by atoms with van der Waals surface area (Å²) in [5, 5.41) is 3.39. The van der Waals surface area contributed by atoms with E-state index in [1.807, 2.05) is 6.07 Å². The molecule has 3 heteroatoms. The van der Waals surface area contributed by atoms with Gasteiger partial charge in [-0.05, 0) is 31.6 Å². The Labute approximate surface area is 92.5 Å². The molecular formula is C12H22N2O. The molecular weight excluding hydrogens is 188 g/mol. The Kier molecular flexibility index (Phi) is 5.43. The van der Waals surface area contributed by atoms with Gasteiger partial charge in [-0.3, -0.25) is 0 Å². The Morgan fingerprint density at radius 2 is 2.07 bits per heavy atom. The Balaban J connectivity index is 2.14. The van der Waals surface area contributed by atoms with E-state index in [-0.39, 0.29) is 0 Å². The van der Waals surface area contributed by atoms with Gasteiger partial charge < -0.3 is 14.6 Å². The molecule has 0 aliphatic rings. The van der Waals surface area contributed by atoms with Gasteiger partial charge in [0.15, 0.2) is 0 Å². The van der Waals surface area contributed by atoms with Gasteiger partial charge in [-0.2, -0.15) is 0 Å². The molecule has 1 heterocycles. The predicted molar refractivity (Wildman–Crippen MR) is 62.9 cm³/mol. The van der Waals surface area contributed by atoms with E-state index in [2.05, 4.69) is 31.0 Å². The third-order valence-corrected chi connectivity index (χ3v) is 2.75. The highest BCUT2D eigenvalue weighted by Crippen LogP contribution is 2.07. The summed E-state index contributed by atoms with van der Waals surface area (Å²) in [5.74, 6) is 1.05. The van der Waals surface area contributed by atoms with Gasteiger partial charge in [-0.15, -0.1) is 0 Å². The van der Waals surface area contributed by atoms with Crippen LogP contribution in [0.5, 0.6) is 0 Å². The fourth-order valence-electron chi connectivity index (χ4n) is 1.56. The summed E-state index contributed by atoms with van der Waals surface area (Å²) in [5.41, 5.74) is 1.23. The second kappa shape index (κ2) is 6.64. The molecule has 0 fully saturated rings. The molecule has 0 spiro atoms. The number of nitrogens with zero attached hydrogens (tertiary/aromatic N) is 1. The SMILES string of the molecule is CCN(CC)CCNCc1occc1C. The lowest BCUT2D eigenvalue weighted by Crippen LogP contribution is -2.31. The molecule has 0 unspecified atom stereocenters. The standard InChI is InChI=1S/C12H22N2O/c1-4-14(5-2)8-7-13-10-12-11(3)6-9-15-12/h6,9,13H,4-5,7-8,10H2,1-3H3. The van der Waals surface area contributed by atoms with Crippen molar-refractivity contribution in [2.45, 2.75) is 27.3 Å². The van der Waals surface area contributed by atoms with Gasteiger partial charge in [-0.25, -0.2) is 0 Å². The average molecular weight is 210 g/mol. The zero-order valence-corrected chi connectivity index (χ0v) is 10.0. The van der Waals surface area contributed by atoms with Crippen molar-refractivity contribution in [2.24, 2.45) is 0 Å². The average Bonchev–Trinajstić information content (AvgIpc) is 2.65. The maximum Gasteiger partial charge on any atom is 0.120 e. The Morgan fingerprint density at radius 1 is 1.33 bits per heavy atom. The first-order valence-corrected chi connectivity index (χ1v) is 5.74. The summed E-state index contributed by atoms with van der Waals surface area (Å²) in [6.07, 6.45) is 1.75. The molecule has 0 saturated carbocycles. The lowest BCUT2D eigenvalue weighted by Gasteiger charge is -2.17. The molecule has 0 amide bonds. The van der Waals surface area contributed by atoms with Gasteiger partial charge in [0.25, 0.3) is 0 Å². The van der Waals surface area contributed by atoms with Gasteiger partial charge in [0.05, 0.1) is 12.8 Å². The largest absolute Gasteiger partial charge is 0.468 e. The number of furan rings is 1. The Bertz CT molecular complexity index is 266. The number of hydrogen-bond acceptors (Lipinski definition) is 3. The van der Waals surface area contributed by atoms with Crippen LogP contribution in [0.2, 0.25) is 0 Å². The first-order chi connectivity index (χ1) is 7.27. The van der Waals surface area contributed by atoms with Crippen LogP contribution in [0.25, 0.3) is 0 Å². The molecule has 0 saturated heterocycles. The highest BCUT2D eigenvalue weighted by Gasteiger charge is 2.01. The van der Waals surface area contributed by atoms with Crippen molar-refractivity contribution in [3.05, 3.63) is 23.7 Å². The highest BCUT2D eigenvalue weighted by atomic mass is 16.3. The third kappa shape index (κ3) is 4.06. The van der Waals surface area contributed by atoms with E-state index < -0.39 is 0 Å². The summed E-state index contributed by atoms with van der Waals surface area (Å²) in [6.45, 7) is 11.7. The van der Waals surface area contributed by atoms with Crippen LogP contribution < -0.4 is 5.32 Å². The summed E-state index contributed by atoms with van der Waals surface area (Å²) in [7, 11) is 0. The van der Waals surface area contributed by atoms with E-state index in [1.54, 1.807) is 6.26 Å². The van der Waals surface area contributed by atoms with Gasteiger partial charge in [0, 0.05) is 13.1 Å². The maximum atomic E-state index is 5.35. The van der Waals surface area contributed by atoms with Crippen LogP contribution in [0, 0.1) is 6.92 Å². The molecule has 1 aromatic heterocycles. The van der Waals surface area contributed by atoms with Crippen LogP contribution in [-0.4, -0.2) is 31.1 Å². The van der Waals surface area contributed by atoms with Crippen LogP contribution in [0.1, 0.15) is 25.2 Å². The lowest BCUT2D eigenvalue weighted by molar-refractivity contribution is 0.300. The molecule has 0 aromatic carbocycles. The number of likely N-dealkylation sites (N-methyl/N-ethyl adjacent to an activating group) is 1. The molecule has 0 radical (unpaired) electrons. The Morgan fingerprint density at radius 3 is 2.60 bits per heavy atom. The van der Waals surface area contributed by atoms with E-state index in [0.717, 1.165) is 38.5 Å².